The van der Waals surface area contributed by atoms with E-state index in [1.54, 1.807) is 0 Å². The molecule has 2 rings (SSSR count). The fourth-order valence-corrected chi connectivity index (χ4v) is 2.98. The normalized spacial score (nSPS) is 31.2. The van der Waals surface area contributed by atoms with Gasteiger partial charge in [0.1, 0.15) is 0 Å². The molecule has 0 amide bonds. The van der Waals surface area contributed by atoms with Crippen LogP contribution in [0, 0.1) is 5.41 Å². The summed E-state index contributed by atoms with van der Waals surface area (Å²) in [6.07, 6.45) is 6.27. The van der Waals surface area contributed by atoms with Crippen LogP contribution in [0.4, 0.5) is 0 Å². The Morgan fingerprint density at radius 3 is 2.67 bits per heavy atom. The quantitative estimate of drug-likeness (QED) is 0.724. The van der Waals surface area contributed by atoms with Crippen molar-refractivity contribution in [2.75, 3.05) is 33.3 Å². The van der Waals surface area contributed by atoms with Crippen LogP contribution in [0.25, 0.3) is 0 Å². The summed E-state index contributed by atoms with van der Waals surface area (Å²) in [7, 11) is 2.18. The minimum Gasteiger partial charge on any atom is -0.396 e. The summed E-state index contributed by atoms with van der Waals surface area (Å²) in [5, 5.41) is 13.1. The molecule has 1 aliphatic heterocycles. The maximum Gasteiger partial charge on any atom is 0.0499 e. The van der Waals surface area contributed by atoms with Crippen LogP contribution in [-0.2, 0) is 0 Å². The van der Waals surface area contributed by atoms with E-state index in [9.17, 15) is 5.11 Å². The molecule has 1 saturated carbocycles. The van der Waals surface area contributed by atoms with E-state index in [2.05, 4.69) is 17.3 Å². The Balaban J connectivity index is 1.76. The van der Waals surface area contributed by atoms with Crippen LogP contribution in [0.3, 0.4) is 0 Å². The van der Waals surface area contributed by atoms with Crippen LogP contribution in [0.5, 0.6) is 0 Å². The molecule has 2 aliphatic rings. The topological polar surface area (TPSA) is 35.5 Å². The first-order valence-electron chi connectivity index (χ1n) is 6.27. The minimum absolute atomic E-state index is 0.209. The van der Waals surface area contributed by atoms with Gasteiger partial charge in [0, 0.05) is 31.2 Å². The van der Waals surface area contributed by atoms with Gasteiger partial charge in [0.15, 0.2) is 0 Å². The molecule has 1 aliphatic carbocycles. The highest BCUT2D eigenvalue weighted by Crippen LogP contribution is 2.37. The van der Waals surface area contributed by atoms with E-state index >= 15 is 0 Å². The molecule has 2 fully saturated rings. The summed E-state index contributed by atoms with van der Waals surface area (Å²) in [5.41, 5.74) is 0.209. The summed E-state index contributed by atoms with van der Waals surface area (Å²) < 4.78 is 0. The summed E-state index contributed by atoms with van der Waals surface area (Å²) in [6.45, 7) is 3.76. The standard InChI is InChI=1S/C12H24N2O/c1-14-7-4-11(8-14)13-9-12(10-15)5-2-3-6-12/h11,13,15H,2-10H2,1H3. The average Bonchev–Trinajstić information content (AvgIpc) is 2.85. The number of hydrogen-bond acceptors (Lipinski definition) is 3. The molecule has 1 atom stereocenters. The largest absolute Gasteiger partial charge is 0.396 e. The molecule has 3 nitrogen and oxygen atoms in total. The number of likely N-dealkylation sites (tertiary alicyclic amines) is 1. The molecule has 0 aromatic carbocycles. The molecule has 0 radical (unpaired) electrons. The Hall–Kier alpha value is -0.120. The van der Waals surface area contributed by atoms with Gasteiger partial charge in [0.25, 0.3) is 0 Å². The second-order valence-electron chi connectivity index (χ2n) is 5.49. The third kappa shape index (κ3) is 2.71. The number of rotatable bonds is 4. The van der Waals surface area contributed by atoms with Gasteiger partial charge in [0.05, 0.1) is 0 Å². The Kier molecular flexibility index (Phi) is 3.65. The summed E-state index contributed by atoms with van der Waals surface area (Å²) in [4.78, 5) is 2.37. The first-order chi connectivity index (χ1) is 7.24. The number of nitrogens with one attached hydrogen (secondary N) is 1. The van der Waals surface area contributed by atoms with E-state index in [1.165, 1.54) is 45.2 Å². The molecule has 1 saturated heterocycles. The lowest BCUT2D eigenvalue weighted by Crippen LogP contribution is -2.41. The molecule has 88 valence electrons. The Morgan fingerprint density at radius 2 is 2.13 bits per heavy atom. The maximum atomic E-state index is 9.49. The summed E-state index contributed by atoms with van der Waals surface area (Å²) in [6, 6.07) is 0.652. The molecule has 1 unspecified atom stereocenters. The van der Waals surface area contributed by atoms with E-state index in [0.717, 1.165) is 6.54 Å². The second kappa shape index (κ2) is 4.81. The van der Waals surface area contributed by atoms with E-state index < -0.39 is 0 Å². The van der Waals surface area contributed by atoms with Gasteiger partial charge in [0.2, 0.25) is 0 Å². The van der Waals surface area contributed by atoms with Crippen molar-refractivity contribution in [1.29, 1.82) is 0 Å². The van der Waals surface area contributed by atoms with Crippen LogP contribution in [0.15, 0.2) is 0 Å². The predicted octanol–water partition coefficient (Wildman–Crippen LogP) is 0.833. The molecule has 15 heavy (non-hydrogen) atoms. The Bertz CT molecular complexity index is 202. The minimum atomic E-state index is 0.209. The van der Waals surface area contributed by atoms with Gasteiger partial charge in [-0.1, -0.05) is 12.8 Å². The van der Waals surface area contributed by atoms with Crippen molar-refractivity contribution in [3.63, 3.8) is 0 Å². The smallest absolute Gasteiger partial charge is 0.0499 e. The molecular weight excluding hydrogens is 188 g/mol. The lowest BCUT2D eigenvalue weighted by molar-refractivity contribution is 0.125. The summed E-state index contributed by atoms with van der Waals surface area (Å²) in [5.74, 6) is 0. The first kappa shape index (κ1) is 11.4. The first-order valence-corrected chi connectivity index (χ1v) is 6.27. The number of hydrogen-bond donors (Lipinski definition) is 2. The third-order valence-electron chi connectivity index (χ3n) is 4.16. The molecule has 0 spiro atoms. The van der Waals surface area contributed by atoms with Crippen molar-refractivity contribution in [3.05, 3.63) is 0 Å². The van der Waals surface area contributed by atoms with Crippen molar-refractivity contribution >= 4 is 0 Å². The molecule has 1 heterocycles. The number of aliphatic hydroxyl groups excluding tert-OH is 1. The van der Waals surface area contributed by atoms with Crippen LogP contribution >= 0.6 is 0 Å². The zero-order valence-corrected chi connectivity index (χ0v) is 9.84. The highest BCUT2D eigenvalue weighted by molar-refractivity contribution is 4.89. The van der Waals surface area contributed by atoms with E-state index in [-0.39, 0.29) is 5.41 Å². The van der Waals surface area contributed by atoms with Crippen molar-refractivity contribution in [2.45, 2.75) is 38.1 Å². The fraction of sp³-hybridized carbons (Fsp3) is 1.00. The number of likely N-dealkylation sites (N-methyl/N-ethyl adjacent to an activating group) is 1. The van der Waals surface area contributed by atoms with Crippen LogP contribution < -0.4 is 5.32 Å². The van der Waals surface area contributed by atoms with Gasteiger partial charge >= 0.3 is 0 Å². The zero-order chi connectivity index (χ0) is 10.7. The lowest BCUT2D eigenvalue weighted by atomic mass is 9.87. The molecular formula is C12H24N2O. The zero-order valence-electron chi connectivity index (χ0n) is 9.84. The average molecular weight is 212 g/mol. The van der Waals surface area contributed by atoms with Crippen molar-refractivity contribution in [1.82, 2.24) is 10.2 Å². The van der Waals surface area contributed by atoms with Gasteiger partial charge in [-0.3, -0.25) is 0 Å². The predicted molar refractivity (Wildman–Crippen MR) is 61.9 cm³/mol. The van der Waals surface area contributed by atoms with Gasteiger partial charge in [-0.05, 0) is 32.9 Å². The van der Waals surface area contributed by atoms with Crippen molar-refractivity contribution in [3.8, 4) is 0 Å². The third-order valence-corrected chi connectivity index (χ3v) is 4.16. The fourth-order valence-electron chi connectivity index (χ4n) is 2.98. The molecule has 0 aromatic heterocycles. The van der Waals surface area contributed by atoms with E-state index in [0.29, 0.717) is 12.6 Å². The highest BCUT2D eigenvalue weighted by atomic mass is 16.3. The van der Waals surface area contributed by atoms with Gasteiger partial charge in [-0.15, -0.1) is 0 Å². The number of nitrogens with zero attached hydrogens (tertiary/aromatic N) is 1. The van der Waals surface area contributed by atoms with Crippen LogP contribution in [0.2, 0.25) is 0 Å². The highest BCUT2D eigenvalue weighted by Gasteiger charge is 2.33. The molecule has 3 heteroatoms. The second-order valence-corrected chi connectivity index (χ2v) is 5.49. The molecule has 2 N–H and O–H groups in total. The Labute approximate surface area is 92.8 Å². The molecule has 0 bridgehead atoms. The molecule has 0 aromatic rings. The van der Waals surface area contributed by atoms with Gasteiger partial charge in [-0.2, -0.15) is 0 Å². The summed E-state index contributed by atoms with van der Waals surface area (Å²) >= 11 is 0. The van der Waals surface area contributed by atoms with E-state index in [1.807, 2.05) is 0 Å². The SMILES string of the molecule is CN1CCC(NCC2(CO)CCCC2)C1. The van der Waals surface area contributed by atoms with Gasteiger partial charge in [-0.25, -0.2) is 0 Å². The van der Waals surface area contributed by atoms with Crippen molar-refractivity contribution < 1.29 is 5.11 Å². The van der Waals surface area contributed by atoms with Gasteiger partial charge < -0.3 is 15.3 Å². The monoisotopic (exact) mass is 212 g/mol. The number of aliphatic hydroxyl groups is 1. The van der Waals surface area contributed by atoms with Crippen LogP contribution in [-0.4, -0.2) is 49.3 Å². The van der Waals surface area contributed by atoms with Crippen molar-refractivity contribution in [2.24, 2.45) is 5.41 Å². The van der Waals surface area contributed by atoms with Crippen LogP contribution in [0.1, 0.15) is 32.1 Å². The van der Waals surface area contributed by atoms with E-state index in [4.69, 9.17) is 0 Å². The Morgan fingerprint density at radius 1 is 1.40 bits per heavy atom. The lowest BCUT2D eigenvalue weighted by Gasteiger charge is -2.28. The maximum absolute atomic E-state index is 9.49.